The third kappa shape index (κ3) is 3.37. The standard InChI is InChI=1S/C17H23N5OS/c23-17(21-9-3-16-15(13-21)4-12-24-16)14-1-7-20(8-2-14)10-11-22-18-5-6-19-22/h4-6,12,14H,1-3,7-11,13H2. The summed E-state index contributed by atoms with van der Waals surface area (Å²) in [6.45, 7) is 5.46. The smallest absolute Gasteiger partial charge is 0.226 e. The van der Waals surface area contributed by atoms with Gasteiger partial charge in [-0.25, -0.2) is 0 Å². The summed E-state index contributed by atoms with van der Waals surface area (Å²) in [4.78, 5) is 20.5. The van der Waals surface area contributed by atoms with Crippen LogP contribution in [0.1, 0.15) is 23.3 Å². The van der Waals surface area contributed by atoms with Crippen LogP contribution in [0.5, 0.6) is 0 Å². The third-order valence-electron chi connectivity index (χ3n) is 5.14. The van der Waals surface area contributed by atoms with Crippen molar-refractivity contribution >= 4 is 17.2 Å². The summed E-state index contributed by atoms with van der Waals surface area (Å²) in [6, 6.07) is 2.17. The molecular weight excluding hydrogens is 322 g/mol. The van der Waals surface area contributed by atoms with E-state index >= 15 is 0 Å². The lowest BCUT2D eigenvalue weighted by atomic mass is 9.94. The van der Waals surface area contributed by atoms with Gasteiger partial charge in [0, 0.05) is 30.4 Å². The Labute approximate surface area is 146 Å². The maximum atomic E-state index is 12.8. The molecule has 0 aromatic carbocycles. The Morgan fingerprint density at radius 3 is 2.75 bits per heavy atom. The minimum Gasteiger partial charge on any atom is -0.338 e. The summed E-state index contributed by atoms with van der Waals surface area (Å²) < 4.78 is 0. The summed E-state index contributed by atoms with van der Waals surface area (Å²) in [6.07, 6.45) is 6.38. The van der Waals surface area contributed by atoms with Gasteiger partial charge < -0.3 is 9.80 Å². The van der Waals surface area contributed by atoms with Crippen LogP contribution in [-0.4, -0.2) is 56.9 Å². The molecule has 1 amide bonds. The van der Waals surface area contributed by atoms with E-state index in [4.69, 9.17) is 0 Å². The molecule has 1 fully saturated rings. The molecule has 0 radical (unpaired) electrons. The van der Waals surface area contributed by atoms with E-state index in [0.29, 0.717) is 5.91 Å². The number of nitrogens with zero attached hydrogens (tertiary/aromatic N) is 5. The Hall–Kier alpha value is -1.73. The van der Waals surface area contributed by atoms with E-state index < -0.39 is 0 Å². The first-order valence-electron chi connectivity index (χ1n) is 8.70. The average Bonchev–Trinajstić information content (AvgIpc) is 3.30. The van der Waals surface area contributed by atoms with Gasteiger partial charge in [0.25, 0.3) is 0 Å². The van der Waals surface area contributed by atoms with Crippen LogP contribution in [0.15, 0.2) is 23.8 Å². The Morgan fingerprint density at radius 1 is 1.17 bits per heavy atom. The fraction of sp³-hybridized carbons (Fsp3) is 0.588. The number of aromatic nitrogens is 3. The molecule has 2 aromatic heterocycles. The number of carbonyl (C=O) groups is 1. The summed E-state index contributed by atoms with van der Waals surface area (Å²) in [5, 5.41) is 10.4. The van der Waals surface area contributed by atoms with Gasteiger partial charge in [-0.05, 0) is 49.4 Å². The zero-order valence-corrected chi connectivity index (χ0v) is 14.6. The predicted octanol–water partition coefficient (Wildman–Crippen LogP) is 1.64. The van der Waals surface area contributed by atoms with Crippen molar-refractivity contribution in [2.45, 2.75) is 32.4 Å². The molecule has 0 unspecified atom stereocenters. The Kier molecular flexibility index (Phi) is 4.62. The fourth-order valence-electron chi connectivity index (χ4n) is 3.69. The van der Waals surface area contributed by atoms with Gasteiger partial charge in [-0.2, -0.15) is 15.0 Å². The molecule has 1 saturated heterocycles. The second kappa shape index (κ2) is 7.03. The van der Waals surface area contributed by atoms with Crippen LogP contribution < -0.4 is 0 Å². The number of likely N-dealkylation sites (tertiary alicyclic amines) is 1. The van der Waals surface area contributed by atoms with Gasteiger partial charge in [0.05, 0.1) is 18.9 Å². The van der Waals surface area contributed by atoms with Crippen LogP contribution >= 0.6 is 11.3 Å². The van der Waals surface area contributed by atoms with E-state index in [-0.39, 0.29) is 5.92 Å². The molecule has 0 spiro atoms. The minimum atomic E-state index is 0.198. The Balaban J connectivity index is 1.26. The first kappa shape index (κ1) is 15.8. The fourth-order valence-corrected chi connectivity index (χ4v) is 4.58. The van der Waals surface area contributed by atoms with Gasteiger partial charge in [0.15, 0.2) is 0 Å². The summed E-state index contributed by atoms with van der Waals surface area (Å²) in [5.41, 5.74) is 1.35. The molecule has 4 heterocycles. The van der Waals surface area contributed by atoms with Gasteiger partial charge in [-0.3, -0.25) is 4.79 Å². The zero-order valence-electron chi connectivity index (χ0n) is 13.8. The highest BCUT2D eigenvalue weighted by atomic mass is 32.1. The van der Waals surface area contributed by atoms with Crippen molar-refractivity contribution in [2.24, 2.45) is 5.92 Å². The van der Waals surface area contributed by atoms with Gasteiger partial charge in [-0.1, -0.05) is 0 Å². The zero-order chi connectivity index (χ0) is 16.4. The first-order valence-corrected chi connectivity index (χ1v) is 9.58. The highest BCUT2D eigenvalue weighted by Gasteiger charge is 2.30. The summed E-state index contributed by atoms with van der Waals surface area (Å²) in [5.74, 6) is 0.560. The molecule has 2 aromatic rings. The lowest BCUT2D eigenvalue weighted by molar-refractivity contribution is -0.138. The van der Waals surface area contributed by atoms with E-state index in [1.807, 2.05) is 11.3 Å². The molecule has 2 aliphatic rings. The van der Waals surface area contributed by atoms with Gasteiger partial charge in [0.1, 0.15) is 0 Å². The average molecular weight is 345 g/mol. The maximum Gasteiger partial charge on any atom is 0.226 e. The van der Waals surface area contributed by atoms with Crippen LogP contribution in [0, 0.1) is 5.92 Å². The predicted molar refractivity (Wildman–Crippen MR) is 92.6 cm³/mol. The van der Waals surface area contributed by atoms with E-state index in [1.54, 1.807) is 17.2 Å². The van der Waals surface area contributed by atoms with Crippen LogP contribution in [0.2, 0.25) is 0 Å². The lowest BCUT2D eigenvalue weighted by Gasteiger charge is -2.35. The number of rotatable bonds is 4. The Bertz CT molecular complexity index is 675. The Morgan fingerprint density at radius 2 is 1.96 bits per heavy atom. The van der Waals surface area contributed by atoms with Crippen molar-refractivity contribution in [2.75, 3.05) is 26.2 Å². The van der Waals surface area contributed by atoms with Crippen molar-refractivity contribution in [1.82, 2.24) is 24.8 Å². The molecule has 7 heteroatoms. The molecule has 2 aliphatic heterocycles. The molecule has 128 valence electrons. The van der Waals surface area contributed by atoms with E-state index in [9.17, 15) is 4.79 Å². The molecule has 0 bridgehead atoms. The number of hydrogen-bond acceptors (Lipinski definition) is 5. The van der Waals surface area contributed by atoms with Crippen molar-refractivity contribution in [3.05, 3.63) is 34.3 Å². The molecule has 0 atom stereocenters. The number of amides is 1. The normalized spacial score (nSPS) is 19.4. The maximum absolute atomic E-state index is 12.8. The largest absolute Gasteiger partial charge is 0.338 e. The number of thiophene rings is 1. The van der Waals surface area contributed by atoms with Gasteiger partial charge in [0.2, 0.25) is 5.91 Å². The quantitative estimate of drug-likeness (QED) is 0.845. The van der Waals surface area contributed by atoms with Gasteiger partial charge in [-0.15, -0.1) is 11.3 Å². The van der Waals surface area contributed by atoms with E-state index in [1.165, 1.54) is 10.4 Å². The first-order chi connectivity index (χ1) is 11.8. The molecule has 4 rings (SSSR count). The number of fused-ring (bicyclic) bond motifs is 1. The number of hydrogen-bond donors (Lipinski definition) is 0. The van der Waals surface area contributed by atoms with Crippen LogP contribution in [0.4, 0.5) is 0 Å². The van der Waals surface area contributed by atoms with Gasteiger partial charge >= 0.3 is 0 Å². The van der Waals surface area contributed by atoms with Crippen LogP contribution in [-0.2, 0) is 24.3 Å². The minimum absolute atomic E-state index is 0.198. The number of carbonyl (C=O) groups excluding carboxylic acids is 1. The van der Waals surface area contributed by atoms with Crippen LogP contribution in [0.3, 0.4) is 0 Å². The summed E-state index contributed by atoms with van der Waals surface area (Å²) in [7, 11) is 0. The topological polar surface area (TPSA) is 54.3 Å². The third-order valence-corrected chi connectivity index (χ3v) is 6.16. The van der Waals surface area contributed by atoms with E-state index in [2.05, 4.69) is 31.4 Å². The van der Waals surface area contributed by atoms with Crippen molar-refractivity contribution in [3.63, 3.8) is 0 Å². The monoisotopic (exact) mass is 345 g/mol. The SMILES string of the molecule is O=C(C1CCN(CCn2nccn2)CC1)N1CCc2sccc2C1. The second-order valence-corrected chi connectivity index (χ2v) is 7.62. The van der Waals surface area contributed by atoms with Crippen molar-refractivity contribution in [3.8, 4) is 0 Å². The molecule has 0 saturated carbocycles. The van der Waals surface area contributed by atoms with E-state index in [0.717, 1.165) is 58.5 Å². The molecule has 0 N–H and O–H groups in total. The number of piperidine rings is 1. The molecular formula is C17H23N5OS. The highest BCUT2D eigenvalue weighted by molar-refractivity contribution is 7.10. The summed E-state index contributed by atoms with van der Waals surface area (Å²) >= 11 is 1.82. The lowest BCUT2D eigenvalue weighted by Crippen LogP contribution is -2.44. The van der Waals surface area contributed by atoms with Crippen LogP contribution in [0.25, 0.3) is 0 Å². The molecule has 6 nitrogen and oxygen atoms in total. The highest BCUT2D eigenvalue weighted by Crippen LogP contribution is 2.27. The second-order valence-electron chi connectivity index (χ2n) is 6.62. The molecule has 0 aliphatic carbocycles. The van der Waals surface area contributed by atoms with Crippen molar-refractivity contribution in [1.29, 1.82) is 0 Å². The van der Waals surface area contributed by atoms with Crippen molar-refractivity contribution < 1.29 is 4.79 Å². The molecule has 24 heavy (non-hydrogen) atoms.